The van der Waals surface area contributed by atoms with E-state index >= 15 is 0 Å². The van der Waals surface area contributed by atoms with Crippen LogP contribution in [-0.4, -0.2) is 16.1 Å². The lowest BCUT2D eigenvalue weighted by molar-refractivity contribution is 0.792. The van der Waals surface area contributed by atoms with Crippen LogP contribution in [0.5, 0.6) is 0 Å². The first kappa shape index (κ1) is 11.4. The predicted octanol–water partition coefficient (Wildman–Crippen LogP) is 2.20. The monoisotopic (exact) mass is 279 g/mol. The normalized spacial score (nSPS) is 10.6. The van der Waals surface area contributed by atoms with Crippen LogP contribution in [0, 0.1) is 0 Å². The number of benzene rings is 1. The van der Waals surface area contributed by atoms with Gasteiger partial charge in [0.15, 0.2) is 0 Å². The number of hydrogen-bond donors (Lipinski definition) is 1. The summed E-state index contributed by atoms with van der Waals surface area (Å²) < 4.78 is 3.20. The second-order valence-electron chi connectivity index (χ2n) is 3.67. The van der Waals surface area contributed by atoms with Crippen LogP contribution in [0.2, 0.25) is 0 Å². The van der Waals surface area contributed by atoms with Gasteiger partial charge < -0.3 is 10.3 Å². The zero-order valence-corrected chi connectivity index (χ0v) is 10.5. The van der Waals surface area contributed by atoms with E-state index in [-0.39, 0.29) is 0 Å². The number of nitrogens with zero attached hydrogens (tertiary/aromatic N) is 2. The second kappa shape index (κ2) is 5.27. The summed E-state index contributed by atoms with van der Waals surface area (Å²) in [5.74, 6) is 0. The molecule has 2 aromatic rings. The van der Waals surface area contributed by atoms with Crippen LogP contribution in [0.1, 0.15) is 11.3 Å². The van der Waals surface area contributed by atoms with Crippen LogP contribution in [-0.2, 0) is 13.0 Å². The van der Waals surface area contributed by atoms with E-state index in [0.29, 0.717) is 6.54 Å². The highest BCUT2D eigenvalue weighted by Gasteiger charge is 2.01. The van der Waals surface area contributed by atoms with Gasteiger partial charge in [-0.2, -0.15) is 0 Å². The quantitative estimate of drug-likeness (QED) is 0.933. The molecule has 1 aromatic heterocycles. The molecule has 3 nitrogen and oxygen atoms in total. The van der Waals surface area contributed by atoms with Gasteiger partial charge in [0.1, 0.15) is 0 Å². The van der Waals surface area contributed by atoms with E-state index in [9.17, 15) is 0 Å². The Balaban J connectivity index is 2.11. The first-order chi connectivity index (χ1) is 7.79. The summed E-state index contributed by atoms with van der Waals surface area (Å²) >= 11 is 3.54. The Kier molecular flexibility index (Phi) is 3.74. The van der Waals surface area contributed by atoms with E-state index in [4.69, 9.17) is 5.73 Å². The van der Waals surface area contributed by atoms with Gasteiger partial charge in [-0.25, -0.2) is 4.98 Å². The molecule has 84 valence electrons. The average Bonchev–Trinajstić information content (AvgIpc) is 2.70. The summed E-state index contributed by atoms with van der Waals surface area (Å²) in [6.07, 6.45) is 4.74. The minimum absolute atomic E-state index is 0.645. The van der Waals surface area contributed by atoms with Crippen molar-refractivity contribution in [1.29, 1.82) is 0 Å². The molecule has 0 aliphatic carbocycles. The molecule has 0 aliphatic rings. The molecule has 0 spiro atoms. The molecule has 1 aromatic carbocycles. The highest BCUT2D eigenvalue weighted by atomic mass is 79.9. The van der Waals surface area contributed by atoms with Gasteiger partial charge in [-0.1, -0.05) is 34.1 Å². The number of rotatable bonds is 4. The van der Waals surface area contributed by atoms with Gasteiger partial charge >= 0.3 is 0 Å². The van der Waals surface area contributed by atoms with Crippen molar-refractivity contribution >= 4 is 15.9 Å². The van der Waals surface area contributed by atoms with Gasteiger partial charge in [0.2, 0.25) is 0 Å². The maximum atomic E-state index is 5.49. The SMILES string of the molecule is NCCc1cn(Cc2ccccc2Br)cn1. The molecule has 0 radical (unpaired) electrons. The van der Waals surface area contributed by atoms with Crippen LogP contribution in [0.25, 0.3) is 0 Å². The van der Waals surface area contributed by atoms with Gasteiger partial charge in [0.05, 0.1) is 12.0 Å². The molecule has 2 N–H and O–H groups in total. The molecule has 0 unspecified atom stereocenters. The lowest BCUT2D eigenvalue weighted by atomic mass is 10.2. The molecule has 0 saturated heterocycles. The predicted molar refractivity (Wildman–Crippen MR) is 68.2 cm³/mol. The van der Waals surface area contributed by atoms with Gasteiger partial charge in [0.25, 0.3) is 0 Å². The van der Waals surface area contributed by atoms with Crippen molar-refractivity contribution in [2.24, 2.45) is 5.73 Å². The first-order valence-electron chi connectivity index (χ1n) is 5.23. The number of nitrogens with two attached hydrogens (primary N) is 1. The van der Waals surface area contributed by atoms with Gasteiger partial charge in [-0.3, -0.25) is 0 Å². The third-order valence-corrected chi connectivity index (χ3v) is 3.17. The Morgan fingerprint density at radius 3 is 2.88 bits per heavy atom. The smallest absolute Gasteiger partial charge is 0.0952 e. The van der Waals surface area contributed by atoms with Crippen molar-refractivity contribution in [2.75, 3.05) is 6.54 Å². The van der Waals surface area contributed by atoms with Crippen molar-refractivity contribution in [1.82, 2.24) is 9.55 Å². The Morgan fingerprint density at radius 2 is 2.12 bits per heavy atom. The van der Waals surface area contributed by atoms with Gasteiger partial charge in [-0.15, -0.1) is 0 Å². The minimum Gasteiger partial charge on any atom is -0.333 e. The molecule has 2 rings (SSSR count). The number of halogens is 1. The Hall–Kier alpha value is -1.13. The summed E-state index contributed by atoms with van der Waals surface area (Å²) in [6.45, 7) is 1.48. The summed E-state index contributed by atoms with van der Waals surface area (Å²) in [5, 5.41) is 0. The Labute approximate surface area is 103 Å². The number of aromatic nitrogens is 2. The van der Waals surface area contributed by atoms with Crippen molar-refractivity contribution in [3.8, 4) is 0 Å². The van der Waals surface area contributed by atoms with Crippen molar-refractivity contribution in [3.05, 3.63) is 52.5 Å². The van der Waals surface area contributed by atoms with Gasteiger partial charge in [-0.05, 0) is 18.2 Å². The lowest BCUT2D eigenvalue weighted by Gasteiger charge is -2.04. The molecule has 16 heavy (non-hydrogen) atoms. The number of hydrogen-bond acceptors (Lipinski definition) is 2. The standard InChI is InChI=1S/C12H14BrN3/c13-12-4-2-1-3-10(12)7-16-8-11(5-6-14)15-9-16/h1-4,8-9H,5-7,14H2. The summed E-state index contributed by atoms with van der Waals surface area (Å²) in [7, 11) is 0. The fraction of sp³-hybridized carbons (Fsp3) is 0.250. The average molecular weight is 280 g/mol. The van der Waals surface area contributed by atoms with E-state index < -0.39 is 0 Å². The van der Waals surface area contributed by atoms with Crippen molar-refractivity contribution in [3.63, 3.8) is 0 Å². The minimum atomic E-state index is 0.645. The second-order valence-corrected chi connectivity index (χ2v) is 4.52. The summed E-state index contributed by atoms with van der Waals surface area (Å²) in [6, 6.07) is 8.21. The lowest BCUT2D eigenvalue weighted by Crippen LogP contribution is -2.03. The molecule has 0 bridgehead atoms. The molecule has 0 fully saturated rings. The maximum Gasteiger partial charge on any atom is 0.0952 e. The fourth-order valence-electron chi connectivity index (χ4n) is 1.59. The molecule has 0 aliphatic heterocycles. The molecule has 4 heteroatoms. The zero-order chi connectivity index (χ0) is 11.4. The number of imidazole rings is 1. The summed E-state index contributed by atoms with van der Waals surface area (Å²) in [4.78, 5) is 4.30. The van der Waals surface area contributed by atoms with E-state index in [1.54, 1.807) is 0 Å². The van der Waals surface area contributed by atoms with Crippen LogP contribution in [0.4, 0.5) is 0 Å². The van der Waals surface area contributed by atoms with E-state index in [0.717, 1.165) is 23.1 Å². The molecule has 0 atom stereocenters. The van der Waals surface area contributed by atoms with Crippen LogP contribution in [0.3, 0.4) is 0 Å². The first-order valence-corrected chi connectivity index (χ1v) is 6.03. The van der Waals surface area contributed by atoms with E-state index in [1.807, 2.05) is 30.7 Å². The van der Waals surface area contributed by atoms with Crippen LogP contribution < -0.4 is 5.73 Å². The fourth-order valence-corrected chi connectivity index (χ4v) is 2.00. The third kappa shape index (κ3) is 2.71. The van der Waals surface area contributed by atoms with Crippen LogP contribution in [0.15, 0.2) is 41.3 Å². The third-order valence-electron chi connectivity index (χ3n) is 2.40. The molecule has 0 saturated carbocycles. The largest absolute Gasteiger partial charge is 0.333 e. The van der Waals surface area contributed by atoms with Crippen molar-refractivity contribution in [2.45, 2.75) is 13.0 Å². The van der Waals surface area contributed by atoms with Gasteiger partial charge in [0, 0.05) is 23.6 Å². The Morgan fingerprint density at radius 1 is 1.31 bits per heavy atom. The van der Waals surface area contributed by atoms with E-state index in [2.05, 4.69) is 31.5 Å². The molecular weight excluding hydrogens is 266 g/mol. The Bertz CT molecular complexity index is 465. The molecular formula is C12H14BrN3. The summed E-state index contributed by atoms with van der Waals surface area (Å²) in [5.41, 5.74) is 7.79. The molecule has 1 heterocycles. The highest BCUT2D eigenvalue weighted by Crippen LogP contribution is 2.17. The highest BCUT2D eigenvalue weighted by molar-refractivity contribution is 9.10. The maximum absolute atomic E-state index is 5.49. The molecule has 0 amide bonds. The van der Waals surface area contributed by atoms with E-state index in [1.165, 1.54) is 5.56 Å². The topological polar surface area (TPSA) is 43.8 Å². The van der Waals surface area contributed by atoms with Crippen LogP contribution >= 0.6 is 15.9 Å². The zero-order valence-electron chi connectivity index (χ0n) is 8.94. The van der Waals surface area contributed by atoms with Crippen molar-refractivity contribution < 1.29 is 0 Å².